The van der Waals surface area contributed by atoms with Gasteiger partial charge < -0.3 is 0 Å². The molecule has 0 N–H and O–H groups in total. The average Bonchev–Trinajstić information content (AvgIpc) is 2.99. The highest BCUT2D eigenvalue weighted by Gasteiger charge is 2.45. The predicted octanol–water partition coefficient (Wildman–Crippen LogP) is 10.0. The predicted molar refractivity (Wildman–Crippen MR) is 155 cm³/mol. The van der Waals surface area contributed by atoms with E-state index in [1.165, 1.54) is 0 Å². The van der Waals surface area contributed by atoms with E-state index < -0.39 is 48.8 Å². The van der Waals surface area contributed by atoms with E-state index in [4.69, 9.17) is 3.63 Å². The summed E-state index contributed by atoms with van der Waals surface area (Å²) in [4.78, 5) is -0.0491. The van der Waals surface area contributed by atoms with Crippen LogP contribution in [-0.2, 0) is 45.4 Å². The normalized spacial score (nSPS) is 13.2. The van der Waals surface area contributed by atoms with Crippen molar-refractivity contribution in [3.63, 3.8) is 0 Å². The first-order valence-electron chi connectivity index (χ1n) is 13.5. The SMILES string of the molecule is CCc1cc(CC)c(S(OS(=O)(=O)c2ccc(C(F)(F)F)cc2C(F)(F)F)(c2ccccc2)c2ccccc2)c(CC)c1. The van der Waals surface area contributed by atoms with Crippen molar-refractivity contribution < 1.29 is 38.4 Å². The van der Waals surface area contributed by atoms with E-state index in [2.05, 4.69) is 0 Å². The van der Waals surface area contributed by atoms with Gasteiger partial charge in [0.25, 0.3) is 0 Å². The van der Waals surface area contributed by atoms with Crippen LogP contribution in [-0.4, -0.2) is 8.42 Å². The molecule has 0 aromatic heterocycles. The van der Waals surface area contributed by atoms with Crippen molar-refractivity contribution in [1.82, 2.24) is 0 Å². The Morgan fingerprint density at radius 3 is 1.51 bits per heavy atom. The van der Waals surface area contributed by atoms with Gasteiger partial charge in [0.15, 0.2) is 0 Å². The number of hydrogen-bond donors (Lipinski definition) is 0. The maximum atomic E-state index is 14.2. The van der Waals surface area contributed by atoms with Crippen LogP contribution in [0.4, 0.5) is 26.3 Å². The van der Waals surface area contributed by atoms with Crippen molar-refractivity contribution in [3.05, 3.63) is 119 Å². The van der Waals surface area contributed by atoms with E-state index in [9.17, 15) is 34.8 Å². The van der Waals surface area contributed by atoms with Crippen LogP contribution in [0.5, 0.6) is 0 Å². The van der Waals surface area contributed by atoms with Crippen LogP contribution >= 0.6 is 10.3 Å². The van der Waals surface area contributed by atoms with E-state index >= 15 is 0 Å². The summed E-state index contributed by atoms with van der Waals surface area (Å²) >= 11 is 0. The smallest absolute Gasteiger partial charge is 0.203 e. The summed E-state index contributed by atoms with van der Waals surface area (Å²) in [5, 5.41) is 0. The van der Waals surface area contributed by atoms with Gasteiger partial charge in [0, 0.05) is 14.7 Å². The fourth-order valence-corrected chi connectivity index (χ4v) is 10.9. The molecule has 3 nitrogen and oxygen atoms in total. The fraction of sp³-hybridized carbons (Fsp3) is 0.250. The number of hydrogen-bond acceptors (Lipinski definition) is 3. The van der Waals surface area contributed by atoms with E-state index in [1.54, 1.807) is 60.7 Å². The second-order valence-corrected chi connectivity index (χ2v) is 14.1. The number of halogens is 6. The van der Waals surface area contributed by atoms with Crippen LogP contribution < -0.4 is 0 Å². The molecule has 11 heteroatoms. The van der Waals surface area contributed by atoms with Gasteiger partial charge in [-0.25, -0.2) is 3.63 Å². The highest BCUT2D eigenvalue weighted by Crippen LogP contribution is 2.72. The molecule has 0 amide bonds. The van der Waals surface area contributed by atoms with Crippen molar-refractivity contribution in [2.24, 2.45) is 0 Å². The summed E-state index contributed by atoms with van der Waals surface area (Å²) in [5.74, 6) is 0. The largest absolute Gasteiger partial charge is 0.417 e. The van der Waals surface area contributed by atoms with Crippen LogP contribution in [0.3, 0.4) is 0 Å². The molecule has 0 fully saturated rings. The molecule has 0 aliphatic carbocycles. The second kappa shape index (κ2) is 12.4. The lowest BCUT2D eigenvalue weighted by Gasteiger charge is -2.42. The first-order chi connectivity index (χ1) is 20.2. The van der Waals surface area contributed by atoms with Gasteiger partial charge in [0.1, 0.15) is 4.90 Å². The third-order valence-electron chi connectivity index (χ3n) is 6.98. The standard InChI is InChI=1S/C32H30F6O3S2/c1-4-22-19-23(5-2)30(24(6-3)20-22)42(26-13-9-7-10-14-26,27-15-11-8-12-16-27)41-43(39,40)29-18-17-25(31(33,34)35)21-28(29)32(36,37)38/h7-21H,4-6H2,1-3H3. The quantitative estimate of drug-likeness (QED) is 0.171. The molecule has 0 aliphatic rings. The van der Waals surface area contributed by atoms with Gasteiger partial charge in [0.2, 0.25) is 0 Å². The number of benzene rings is 4. The maximum absolute atomic E-state index is 14.2. The third-order valence-corrected chi connectivity index (χ3v) is 12.4. The van der Waals surface area contributed by atoms with E-state index in [0.717, 1.165) is 16.7 Å². The molecular formula is C32H30F6O3S2. The molecule has 230 valence electrons. The van der Waals surface area contributed by atoms with Crippen LogP contribution in [0, 0.1) is 0 Å². The minimum absolute atomic E-state index is 0.191. The molecule has 0 unspecified atom stereocenters. The molecule has 0 heterocycles. The second-order valence-electron chi connectivity index (χ2n) is 9.71. The molecule has 0 bridgehead atoms. The Morgan fingerprint density at radius 2 is 1.12 bits per heavy atom. The summed E-state index contributed by atoms with van der Waals surface area (Å²) in [6, 6.07) is 21.1. The van der Waals surface area contributed by atoms with E-state index in [1.807, 2.05) is 32.9 Å². The Kier molecular flexibility index (Phi) is 9.39. The summed E-state index contributed by atoms with van der Waals surface area (Å²) in [6.07, 6.45) is -8.93. The molecule has 0 spiro atoms. The zero-order chi connectivity index (χ0) is 31.6. The number of rotatable bonds is 9. The van der Waals surface area contributed by atoms with Gasteiger partial charge in [-0.2, -0.15) is 34.8 Å². The molecule has 0 saturated carbocycles. The summed E-state index contributed by atoms with van der Waals surface area (Å²) in [6.45, 7) is 5.76. The number of alkyl halides is 6. The molecule has 4 rings (SSSR count). The fourth-order valence-electron chi connectivity index (χ4n) is 4.95. The van der Waals surface area contributed by atoms with Crippen LogP contribution in [0.15, 0.2) is 111 Å². The van der Waals surface area contributed by atoms with Gasteiger partial charge in [0.05, 0.1) is 11.1 Å². The molecule has 0 radical (unpaired) electrons. The van der Waals surface area contributed by atoms with Gasteiger partial charge in [-0.1, -0.05) is 69.3 Å². The zero-order valence-electron chi connectivity index (χ0n) is 23.6. The molecule has 4 aromatic carbocycles. The summed E-state index contributed by atoms with van der Waals surface area (Å²) in [5.41, 5.74) is -1.06. The van der Waals surface area contributed by atoms with Gasteiger partial charge in [-0.3, -0.25) is 0 Å². The lowest BCUT2D eigenvalue weighted by molar-refractivity contribution is -0.144. The minimum atomic E-state index is -5.42. The Morgan fingerprint density at radius 1 is 0.628 bits per heavy atom. The molecule has 43 heavy (non-hydrogen) atoms. The highest BCUT2D eigenvalue weighted by molar-refractivity contribution is 8.33. The van der Waals surface area contributed by atoms with Gasteiger partial charge in [-0.05, 0) is 88.7 Å². The molecule has 4 aromatic rings. The lowest BCUT2D eigenvalue weighted by atomic mass is 10.0. The lowest BCUT2D eigenvalue weighted by Crippen LogP contribution is -2.21. The van der Waals surface area contributed by atoms with Crippen LogP contribution in [0.2, 0.25) is 0 Å². The first kappa shape index (κ1) is 32.6. The van der Waals surface area contributed by atoms with E-state index in [-0.39, 0.29) is 6.07 Å². The first-order valence-corrected chi connectivity index (χ1v) is 16.5. The summed E-state index contributed by atoms with van der Waals surface area (Å²) in [7, 11) is -8.68. The Balaban J connectivity index is 2.14. The highest BCUT2D eigenvalue weighted by atomic mass is 32.3. The van der Waals surface area contributed by atoms with Crippen molar-refractivity contribution >= 4 is 20.4 Å². The van der Waals surface area contributed by atoms with Gasteiger partial charge in [-0.15, -0.1) is 0 Å². The van der Waals surface area contributed by atoms with Gasteiger partial charge >= 0.3 is 22.5 Å². The molecular weight excluding hydrogens is 610 g/mol. The Labute approximate surface area is 249 Å². The monoisotopic (exact) mass is 640 g/mol. The Hall–Kier alpha value is -3.28. The number of aryl methyl sites for hydroxylation is 3. The van der Waals surface area contributed by atoms with Crippen LogP contribution in [0.1, 0.15) is 48.6 Å². The molecule has 0 saturated heterocycles. The maximum Gasteiger partial charge on any atom is 0.417 e. The minimum Gasteiger partial charge on any atom is -0.203 e. The Bertz CT molecular complexity index is 1620. The van der Waals surface area contributed by atoms with Crippen molar-refractivity contribution in [2.75, 3.05) is 0 Å². The molecule has 0 aliphatic heterocycles. The van der Waals surface area contributed by atoms with Crippen LogP contribution in [0.25, 0.3) is 0 Å². The van der Waals surface area contributed by atoms with Crippen molar-refractivity contribution in [1.29, 1.82) is 0 Å². The van der Waals surface area contributed by atoms with Crippen molar-refractivity contribution in [2.45, 2.75) is 72.0 Å². The summed E-state index contributed by atoms with van der Waals surface area (Å²) < 4.78 is 117. The molecule has 0 atom stereocenters. The zero-order valence-corrected chi connectivity index (χ0v) is 25.2. The van der Waals surface area contributed by atoms with E-state index in [0.29, 0.717) is 46.1 Å². The van der Waals surface area contributed by atoms with Crippen molar-refractivity contribution in [3.8, 4) is 0 Å². The topological polar surface area (TPSA) is 43.4 Å². The average molecular weight is 641 g/mol. The third kappa shape index (κ3) is 6.49.